The zero-order chi connectivity index (χ0) is 17.3. The van der Waals surface area contributed by atoms with Gasteiger partial charge in [-0.3, -0.25) is 9.78 Å². The van der Waals surface area contributed by atoms with Crippen molar-refractivity contribution in [3.05, 3.63) is 64.5 Å². The smallest absolute Gasteiger partial charge is 0.146 e. The van der Waals surface area contributed by atoms with E-state index in [0.717, 1.165) is 22.4 Å². The number of carbonyl (C=O) groups excluding carboxylic acids is 1. The largest absolute Gasteiger partial charge is 0.392 e. The molecule has 24 heavy (non-hydrogen) atoms. The Hall–Kier alpha value is -2.51. The maximum Gasteiger partial charge on any atom is 0.146 e. The van der Waals surface area contributed by atoms with Gasteiger partial charge in [-0.2, -0.15) is 5.26 Å². The molecule has 4 heteroatoms. The molecule has 0 saturated heterocycles. The van der Waals surface area contributed by atoms with Gasteiger partial charge in [-0.05, 0) is 67.6 Å². The highest BCUT2D eigenvalue weighted by Crippen LogP contribution is 2.39. The third kappa shape index (κ3) is 2.95. The van der Waals surface area contributed by atoms with E-state index in [1.54, 1.807) is 18.3 Å². The lowest BCUT2D eigenvalue weighted by molar-refractivity contribution is -0.122. The number of hydrogen-bond donors (Lipinski definition) is 1. The molecule has 0 bridgehead atoms. The highest BCUT2D eigenvalue weighted by molar-refractivity contribution is 5.91. The Balaban J connectivity index is 1.90. The van der Waals surface area contributed by atoms with E-state index >= 15 is 0 Å². The first-order valence-corrected chi connectivity index (χ1v) is 8.14. The van der Waals surface area contributed by atoms with Crippen LogP contribution in [0.4, 0.5) is 0 Å². The molecule has 3 unspecified atom stereocenters. The van der Waals surface area contributed by atoms with Crippen LogP contribution in [-0.2, 0) is 11.2 Å². The summed E-state index contributed by atoms with van der Waals surface area (Å²) in [5.74, 6) is -0.648. The Morgan fingerprint density at radius 3 is 2.58 bits per heavy atom. The summed E-state index contributed by atoms with van der Waals surface area (Å²) in [4.78, 5) is 17.2. The van der Waals surface area contributed by atoms with Crippen LogP contribution in [-0.4, -0.2) is 22.0 Å². The van der Waals surface area contributed by atoms with Gasteiger partial charge >= 0.3 is 0 Å². The van der Waals surface area contributed by atoms with E-state index in [1.165, 1.54) is 0 Å². The van der Waals surface area contributed by atoms with Crippen molar-refractivity contribution in [3.63, 3.8) is 0 Å². The standard InChI is InChI=1S/C20H20N2O2/c1-12-7-14(11-21)8-13(2)18(12)19-17(23)10-15(20(19)24)9-16-5-3-4-6-22-16/h3-8,15,17,19,23H,9-10H2,1-2H3. The number of aromatic nitrogens is 1. The summed E-state index contributed by atoms with van der Waals surface area (Å²) in [5.41, 5.74) is 4.11. The molecule has 2 aromatic rings. The molecule has 3 atom stereocenters. The van der Waals surface area contributed by atoms with Gasteiger partial charge < -0.3 is 5.11 Å². The average Bonchev–Trinajstić information content (AvgIpc) is 2.83. The number of ketones is 1. The fraction of sp³-hybridized carbons (Fsp3) is 0.350. The second-order valence-electron chi connectivity index (χ2n) is 6.54. The van der Waals surface area contributed by atoms with Crippen LogP contribution in [0, 0.1) is 31.1 Å². The molecule has 1 fully saturated rings. The lowest BCUT2D eigenvalue weighted by atomic mass is 9.85. The van der Waals surface area contributed by atoms with E-state index in [4.69, 9.17) is 5.26 Å². The number of aryl methyl sites for hydroxylation is 2. The minimum Gasteiger partial charge on any atom is -0.392 e. The van der Waals surface area contributed by atoms with Crippen molar-refractivity contribution >= 4 is 5.78 Å². The molecule has 1 saturated carbocycles. The Morgan fingerprint density at radius 1 is 1.29 bits per heavy atom. The molecular weight excluding hydrogens is 300 g/mol. The summed E-state index contributed by atoms with van der Waals surface area (Å²) in [6.45, 7) is 3.80. The molecule has 1 aliphatic carbocycles. The summed E-state index contributed by atoms with van der Waals surface area (Å²) in [6.07, 6.45) is 2.05. The number of benzene rings is 1. The minimum absolute atomic E-state index is 0.0732. The van der Waals surface area contributed by atoms with Crippen molar-refractivity contribution in [2.45, 2.75) is 38.7 Å². The van der Waals surface area contributed by atoms with Crippen LogP contribution in [0.2, 0.25) is 0 Å². The lowest BCUT2D eigenvalue weighted by Gasteiger charge is -2.19. The zero-order valence-electron chi connectivity index (χ0n) is 13.9. The Kier molecular flexibility index (Phi) is 4.46. The number of aliphatic hydroxyl groups is 1. The van der Waals surface area contributed by atoms with Gasteiger partial charge in [0.1, 0.15) is 5.78 Å². The summed E-state index contributed by atoms with van der Waals surface area (Å²) in [7, 11) is 0. The van der Waals surface area contributed by atoms with E-state index in [2.05, 4.69) is 11.1 Å². The second-order valence-corrected chi connectivity index (χ2v) is 6.54. The van der Waals surface area contributed by atoms with E-state index in [-0.39, 0.29) is 11.7 Å². The van der Waals surface area contributed by atoms with Crippen molar-refractivity contribution in [1.82, 2.24) is 4.98 Å². The zero-order valence-corrected chi connectivity index (χ0v) is 13.9. The number of hydrogen-bond acceptors (Lipinski definition) is 4. The minimum atomic E-state index is -0.684. The molecule has 1 N–H and O–H groups in total. The molecule has 1 aromatic heterocycles. The van der Waals surface area contributed by atoms with Crippen LogP contribution < -0.4 is 0 Å². The van der Waals surface area contributed by atoms with Crippen molar-refractivity contribution in [3.8, 4) is 6.07 Å². The van der Waals surface area contributed by atoms with E-state index < -0.39 is 12.0 Å². The molecule has 122 valence electrons. The molecule has 0 radical (unpaired) electrons. The van der Waals surface area contributed by atoms with Gasteiger partial charge in [0.25, 0.3) is 0 Å². The molecule has 3 rings (SSSR count). The Morgan fingerprint density at radius 2 is 2.00 bits per heavy atom. The van der Waals surface area contributed by atoms with Gasteiger partial charge in [0, 0.05) is 17.8 Å². The maximum absolute atomic E-state index is 12.9. The number of rotatable bonds is 3. The monoisotopic (exact) mass is 320 g/mol. The molecular formula is C20H20N2O2. The van der Waals surface area contributed by atoms with E-state index in [1.807, 2.05) is 32.0 Å². The summed E-state index contributed by atoms with van der Waals surface area (Å²) in [6, 6.07) is 11.4. The number of pyridine rings is 1. The first-order chi connectivity index (χ1) is 11.5. The summed E-state index contributed by atoms with van der Waals surface area (Å²) >= 11 is 0. The van der Waals surface area contributed by atoms with Crippen molar-refractivity contribution < 1.29 is 9.90 Å². The fourth-order valence-electron chi connectivity index (χ4n) is 3.81. The summed E-state index contributed by atoms with van der Waals surface area (Å²) < 4.78 is 0. The Bertz CT molecular complexity index is 785. The highest BCUT2D eigenvalue weighted by atomic mass is 16.3. The molecule has 1 heterocycles. The summed E-state index contributed by atoms with van der Waals surface area (Å²) in [5, 5.41) is 19.6. The highest BCUT2D eigenvalue weighted by Gasteiger charge is 2.43. The normalized spacial score (nSPS) is 23.2. The maximum atomic E-state index is 12.9. The molecule has 0 aliphatic heterocycles. The van der Waals surface area contributed by atoms with Crippen molar-refractivity contribution in [1.29, 1.82) is 5.26 Å². The van der Waals surface area contributed by atoms with Gasteiger partial charge in [-0.15, -0.1) is 0 Å². The Labute approximate surface area is 141 Å². The first kappa shape index (κ1) is 16.4. The third-order valence-corrected chi connectivity index (χ3v) is 4.84. The third-order valence-electron chi connectivity index (χ3n) is 4.84. The molecule has 0 spiro atoms. The number of aliphatic hydroxyl groups excluding tert-OH is 1. The second kappa shape index (κ2) is 6.54. The fourth-order valence-corrected chi connectivity index (χ4v) is 3.81. The quantitative estimate of drug-likeness (QED) is 0.943. The molecule has 0 amide bonds. The van der Waals surface area contributed by atoms with Crippen molar-refractivity contribution in [2.75, 3.05) is 0 Å². The molecule has 4 nitrogen and oxygen atoms in total. The van der Waals surface area contributed by atoms with Crippen LogP contribution >= 0.6 is 0 Å². The molecule has 1 aliphatic rings. The van der Waals surface area contributed by atoms with Crippen LogP contribution in [0.25, 0.3) is 0 Å². The molecule has 1 aromatic carbocycles. The number of nitriles is 1. The van der Waals surface area contributed by atoms with Gasteiger partial charge in [-0.25, -0.2) is 0 Å². The van der Waals surface area contributed by atoms with E-state index in [0.29, 0.717) is 18.4 Å². The van der Waals surface area contributed by atoms with Gasteiger partial charge in [0.15, 0.2) is 0 Å². The number of Topliss-reactive ketones (excluding diaryl/α,β-unsaturated/α-hetero) is 1. The SMILES string of the molecule is Cc1cc(C#N)cc(C)c1C1C(=O)C(Cc2ccccn2)CC1O. The van der Waals surface area contributed by atoms with Gasteiger partial charge in [-0.1, -0.05) is 6.07 Å². The lowest BCUT2D eigenvalue weighted by Crippen LogP contribution is -2.21. The van der Waals surface area contributed by atoms with Crippen LogP contribution in [0.1, 0.15) is 40.3 Å². The van der Waals surface area contributed by atoms with Crippen LogP contribution in [0.5, 0.6) is 0 Å². The van der Waals surface area contributed by atoms with Gasteiger partial charge in [0.05, 0.1) is 23.7 Å². The van der Waals surface area contributed by atoms with Crippen LogP contribution in [0.3, 0.4) is 0 Å². The first-order valence-electron chi connectivity index (χ1n) is 8.14. The topological polar surface area (TPSA) is 74.0 Å². The predicted molar refractivity (Wildman–Crippen MR) is 90.4 cm³/mol. The van der Waals surface area contributed by atoms with E-state index in [9.17, 15) is 9.90 Å². The predicted octanol–water partition coefficient (Wildman–Crippen LogP) is 2.85. The van der Waals surface area contributed by atoms with Crippen molar-refractivity contribution in [2.24, 2.45) is 5.92 Å². The van der Waals surface area contributed by atoms with Crippen LogP contribution in [0.15, 0.2) is 36.5 Å². The average molecular weight is 320 g/mol. The number of carbonyl (C=O) groups is 1. The van der Waals surface area contributed by atoms with Gasteiger partial charge in [0.2, 0.25) is 0 Å². The number of nitrogens with zero attached hydrogens (tertiary/aromatic N) is 2.